The van der Waals surface area contributed by atoms with Crippen molar-refractivity contribution in [3.8, 4) is 5.75 Å². The Balaban J connectivity index is 1.79. The number of carbonyl (C=O) groups excluding carboxylic acids is 2. The summed E-state index contributed by atoms with van der Waals surface area (Å²) in [6, 6.07) is 11.6. The maximum absolute atomic E-state index is 12.2. The third-order valence-electron chi connectivity index (χ3n) is 3.80. The van der Waals surface area contributed by atoms with Gasteiger partial charge in [-0.25, -0.2) is 0 Å². The number of imide groups is 1. The fraction of sp³-hybridized carbons (Fsp3) is 0.158. The summed E-state index contributed by atoms with van der Waals surface area (Å²) in [7, 11) is 0. The van der Waals surface area contributed by atoms with Gasteiger partial charge in [0.2, 0.25) is 0 Å². The molecule has 27 heavy (non-hydrogen) atoms. The lowest BCUT2D eigenvalue weighted by Crippen LogP contribution is -2.27. The van der Waals surface area contributed by atoms with Crippen LogP contribution in [-0.4, -0.2) is 22.6 Å². The zero-order valence-corrected chi connectivity index (χ0v) is 19.7. The first-order valence-electron chi connectivity index (χ1n) is 8.00. The van der Waals surface area contributed by atoms with Crippen LogP contribution in [0, 0.1) is 0 Å². The highest BCUT2D eigenvalue weighted by molar-refractivity contribution is 9.11. The van der Waals surface area contributed by atoms with E-state index in [1.54, 1.807) is 13.0 Å². The smallest absolute Gasteiger partial charge is 0.293 e. The minimum Gasteiger partial charge on any atom is -0.487 e. The Hall–Kier alpha value is -1.09. The Morgan fingerprint density at radius 2 is 1.70 bits per heavy atom. The minimum absolute atomic E-state index is 0.235. The Morgan fingerprint density at radius 3 is 2.26 bits per heavy atom. The number of hydrogen-bond acceptors (Lipinski definition) is 4. The molecule has 8 heteroatoms. The van der Waals surface area contributed by atoms with E-state index in [2.05, 4.69) is 47.8 Å². The van der Waals surface area contributed by atoms with E-state index in [1.807, 2.05) is 36.4 Å². The van der Waals surface area contributed by atoms with Crippen LogP contribution in [0.1, 0.15) is 18.1 Å². The number of nitrogens with zero attached hydrogens (tertiary/aromatic N) is 1. The van der Waals surface area contributed by atoms with Crippen molar-refractivity contribution in [2.75, 3.05) is 6.54 Å². The number of halogens is 3. The van der Waals surface area contributed by atoms with Crippen molar-refractivity contribution in [2.45, 2.75) is 13.5 Å². The van der Waals surface area contributed by atoms with Crippen LogP contribution < -0.4 is 4.74 Å². The predicted molar refractivity (Wildman–Crippen MR) is 119 cm³/mol. The number of hydrogen-bond donors (Lipinski definition) is 0. The first-order chi connectivity index (χ1) is 12.9. The molecule has 0 aromatic heterocycles. The molecule has 1 aliphatic rings. The quantitative estimate of drug-likeness (QED) is 0.376. The molecule has 0 radical (unpaired) electrons. The summed E-state index contributed by atoms with van der Waals surface area (Å²) < 4.78 is 8.46. The van der Waals surface area contributed by atoms with Crippen LogP contribution in [-0.2, 0) is 11.4 Å². The van der Waals surface area contributed by atoms with Gasteiger partial charge in [0.05, 0.1) is 13.9 Å². The normalized spacial score (nSPS) is 15.7. The molecule has 0 bridgehead atoms. The molecule has 0 atom stereocenters. The maximum Gasteiger partial charge on any atom is 0.293 e. The van der Waals surface area contributed by atoms with Gasteiger partial charge in [0, 0.05) is 11.0 Å². The molecule has 0 unspecified atom stereocenters. The molecule has 1 saturated heterocycles. The van der Waals surface area contributed by atoms with E-state index < -0.39 is 0 Å². The molecule has 1 fully saturated rings. The number of likely N-dealkylation sites (N-methyl/N-ethyl adjacent to an activating group) is 1. The summed E-state index contributed by atoms with van der Waals surface area (Å²) in [5.74, 6) is 0.423. The van der Waals surface area contributed by atoms with Crippen molar-refractivity contribution in [2.24, 2.45) is 0 Å². The van der Waals surface area contributed by atoms with Gasteiger partial charge in [-0.1, -0.05) is 28.1 Å². The molecule has 2 amide bonds. The standard InChI is InChI=1S/C19H14Br3NO3S/c1-2-23-18(24)16(27-19(23)25)9-12-7-14(21)17(15(22)8-12)26-10-11-3-5-13(20)6-4-11/h3-9H,2,10H2,1H3/b16-9+. The summed E-state index contributed by atoms with van der Waals surface area (Å²) in [5, 5.41) is -0.235. The van der Waals surface area contributed by atoms with Gasteiger partial charge in [0.1, 0.15) is 12.4 Å². The second kappa shape index (κ2) is 8.94. The Morgan fingerprint density at radius 1 is 1.07 bits per heavy atom. The van der Waals surface area contributed by atoms with Crippen LogP contribution in [0.4, 0.5) is 4.79 Å². The molecule has 0 N–H and O–H groups in total. The zero-order valence-electron chi connectivity index (χ0n) is 14.2. The van der Waals surface area contributed by atoms with Crippen LogP contribution in [0.5, 0.6) is 5.75 Å². The average molecular weight is 576 g/mol. The number of amides is 2. The van der Waals surface area contributed by atoms with Gasteiger partial charge >= 0.3 is 0 Å². The molecular weight excluding hydrogens is 562 g/mol. The second-order valence-corrected chi connectivity index (χ2v) is 9.27. The van der Waals surface area contributed by atoms with E-state index in [9.17, 15) is 9.59 Å². The third kappa shape index (κ3) is 4.85. The van der Waals surface area contributed by atoms with E-state index in [4.69, 9.17) is 4.74 Å². The van der Waals surface area contributed by atoms with Gasteiger partial charge < -0.3 is 4.74 Å². The van der Waals surface area contributed by atoms with Gasteiger partial charge in [-0.05, 0) is 92.0 Å². The second-order valence-electron chi connectivity index (χ2n) is 5.65. The van der Waals surface area contributed by atoms with E-state index in [1.165, 1.54) is 4.90 Å². The Kier molecular flexibility index (Phi) is 6.83. The first-order valence-corrected chi connectivity index (χ1v) is 11.2. The Labute approximate surface area is 186 Å². The SMILES string of the molecule is CCN1C(=O)S/C(=C/c2cc(Br)c(OCc3ccc(Br)cc3)c(Br)c2)C1=O. The third-order valence-corrected chi connectivity index (χ3v) is 6.42. The van der Waals surface area contributed by atoms with Gasteiger partial charge in [0.25, 0.3) is 11.1 Å². The van der Waals surface area contributed by atoms with Gasteiger partial charge in [-0.2, -0.15) is 0 Å². The fourth-order valence-electron chi connectivity index (χ4n) is 2.46. The molecule has 0 saturated carbocycles. The molecule has 2 aromatic rings. The summed E-state index contributed by atoms with van der Waals surface area (Å²) in [6.07, 6.45) is 1.72. The summed E-state index contributed by atoms with van der Waals surface area (Å²) >= 11 is 11.4. The lowest BCUT2D eigenvalue weighted by molar-refractivity contribution is -0.122. The average Bonchev–Trinajstić information content (AvgIpc) is 2.88. The first kappa shape index (κ1) is 20.6. The van der Waals surface area contributed by atoms with Crippen molar-refractivity contribution in [1.29, 1.82) is 0 Å². The van der Waals surface area contributed by atoms with Crippen LogP contribution in [0.2, 0.25) is 0 Å². The molecule has 140 valence electrons. The number of thioether (sulfide) groups is 1. The minimum atomic E-state index is -0.254. The van der Waals surface area contributed by atoms with Crippen LogP contribution >= 0.6 is 59.6 Å². The van der Waals surface area contributed by atoms with Crippen molar-refractivity contribution < 1.29 is 14.3 Å². The molecule has 3 rings (SSSR count). The monoisotopic (exact) mass is 573 g/mol. The maximum atomic E-state index is 12.2. The molecule has 0 aliphatic carbocycles. The Bertz CT molecular complexity index is 905. The molecule has 1 heterocycles. The molecule has 4 nitrogen and oxygen atoms in total. The van der Waals surface area contributed by atoms with Crippen LogP contribution in [0.3, 0.4) is 0 Å². The van der Waals surface area contributed by atoms with Crippen LogP contribution in [0.15, 0.2) is 54.7 Å². The van der Waals surface area contributed by atoms with Gasteiger partial charge in [0.15, 0.2) is 0 Å². The van der Waals surface area contributed by atoms with Crippen molar-refractivity contribution in [3.05, 3.63) is 65.8 Å². The zero-order chi connectivity index (χ0) is 19.6. The predicted octanol–water partition coefficient (Wildman–Crippen LogP) is 6.61. The summed E-state index contributed by atoms with van der Waals surface area (Å²) in [5.41, 5.74) is 1.85. The number of ether oxygens (including phenoxy) is 1. The lowest BCUT2D eigenvalue weighted by atomic mass is 10.2. The molecule has 2 aromatic carbocycles. The molecular formula is C19H14Br3NO3S. The largest absolute Gasteiger partial charge is 0.487 e. The molecule has 1 aliphatic heterocycles. The van der Waals surface area contributed by atoms with Crippen molar-refractivity contribution >= 4 is 76.8 Å². The lowest BCUT2D eigenvalue weighted by Gasteiger charge is -2.12. The van der Waals surface area contributed by atoms with Crippen molar-refractivity contribution in [1.82, 2.24) is 4.90 Å². The highest BCUT2D eigenvalue weighted by Gasteiger charge is 2.33. The topological polar surface area (TPSA) is 46.6 Å². The fourth-order valence-corrected chi connectivity index (χ4v) is 5.08. The van der Waals surface area contributed by atoms with E-state index in [-0.39, 0.29) is 11.1 Å². The number of rotatable bonds is 5. The van der Waals surface area contributed by atoms with E-state index in [0.717, 1.165) is 36.3 Å². The van der Waals surface area contributed by atoms with Crippen LogP contribution in [0.25, 0.3) is 6.08 Å². The number of carbonyl (C=O) groups is 2. The summed E-state index contributed by atoms with van der Waals surface area (Å²) in [4.78, 5) is 25.7. The number of benzene rings is 2. The molecule has 0 spiro atoms. The van der Waals surface area contributed by atoms with Gasteiger partial charge in [-0.3, -0.25) is 14.5 Å². The van der Waals surface area contributed by atoms with E-state index in [0.29, 0.717) is 23.8 Å². The highest BCUT2D eigenvalue weighted by Crippen LogP contribution is 2.38. The van der Waals surface area contributed by atoms with E-state index >= 15 is 0 Å². The van der Waals surface area contributed by atoms with Crippen molar-refractivity contribution in [3.63, 3.8) is 0 Å². The summed E-state index contributed by atoms with van der Waals surface area (Å²) in [6.45, 7) is 2.58. The van der Waals surface area contributed by atoms with Gasteiger partial charge in [-0.15, -0.1) is 0 Å². The highest BCUT2D eigenvalue weighted by atomic mass is 79.9.